The van der Waals surface area contributed by atoms with Gasteiger partial charge in [-0.3, -0.25) is 19.9 Å². The van der Waals surface area contributed by atoms with Gasteiger partial charge in [-0.1, -0.05) is 122 Å². The average molecular weight is 966 g/mol. The number of nitrogens with zero attached hydrogens (tertiary/aromatic N) is 4. The molecule has 5 aromatic carbocycles. The molecule has 13 nitrogen and oxygen atoms in total. The van der Waals surface area contributed by atoms with Gasteiger partial charge in [-0.15, -0.1) is 0 Å². The van der Waals surface area contributed by atoms with Crippen LogP contribution >= 0.6 is 0 Å². The van der Waals surface area contributed by atoms with Crippen LogP contribution in [0.2, 0.25) is 0 Å². The van der Waals surface area contributed by atoms with Crippen LogP contribution in [0.4, 0.5) is 5.69 Å². The number of esters is 2. The Morgan fingerprint density at radius 1 is 0.606 bits per heavy atom. The van der Waals surface area contributed by atoms with Crippen LogP contribution in [0.25, 0.3) is 0 Å². The monoisotopic (exact) mass is 966 g/mol. The molecule has 1 N–H and O–H groups in total. The number of hydrogen-bond acceptors (Lipinski definition) is 12. The molecule has 0 aromatic heterocycles. The minimum atomic E-state index is -0.909. The molecule has 0 aliphatic carbocycles. The van der Waals surface area contributed by atoms with E-state index in [4.69, 9.17) is 18.9 Å². The summed E-state index contributed by atoms with van der Waals surface area (Å²) in [6.07, 6.45) is 3.39. The Morgan fingerprint density at radius 2 is 1.08 bits per heavy atom. The molecule has 13 heteroatoms. The maximum absolute atomic E-state index is 13.9. The Morgan fingerprint density at radius 3 is 1.58 bits per heavy atom. The molecular formula is C58H71N5O8. The first-order valence-corrected chi connectivity index (χ1v) is 24.8. The largest absolute Gasteiger partial charge is 0.492 e. The van der Waals surface area contributed by atoms with E-state index in [1.165, 1.54) is 30.4 Å². The Bertz CT molecular complexity index is 2390. The Hall–Kier alpha value is -6.80. The highest BCUT2D eigenvalue weighted by Crippen LogP contribution is 2.40. The molecule has 1 aliphatic rings. The van der Waals surface area contributed by atoms with Crippen molar-refractivity contribution in [3.63, 3.8) is 0 Å². The molecule has 5 aromatic rings. The number of rotatable bonds is 29. The van der Waals surface area contributed by atoms with Crippen LogP contribution in [0, 0.1) is 10.1 Å². The molecule has 0 spiro atoms. The lowest BCUT2D eigenvalue weighted by atomic mass is 9.80. The standard InChI is InChI=1S/C58H71N5O8/c1-44(42-70-52-29-16-10-17-30-52)61(40-48-23-12-8-13-24-48)36-34-60(35-37-62(41-49-25-14-9-15-26-49)45(2)43-71-53-31-18-11-19-32-53)33-20-6-7-21-38-69-58(65)55-47(4)59-46(3)54(57(64)68-5)56(55)50-27-22-28-51(39-50)63(66)67/h8-19,22-32,39,44-45,56,59H,6-7,20-21,33-38,40-43H2,1-5H3. The van der Waals surface area contributed by atoms with Crippen molar-refractivity contribution < 1.29 is 33.5 Å². The third-order valence-corrected chi connectivity index (χ3v) is 13.0. The molecule has 0 radical (unpaired) electrons. The van der Waals surface area contributed by atoms with Gasteiger partial charge in [0.1, 0.15) is 24.7 Å². The van der Waals surface area contributed by atoms with Crippen molar-refractivity contribution in [2.24, 2.45) is 0 Å². The summed E-state index contributed by atoms with van der Waals surface area (Å²) in [5.41, 5.74) is 4.23. The Labute approximate surface area is 420 Å². The molecule has 0 amide bonds. The molecular weight excluding hydrogens is 895 g/mol. The topological polar surface area (TPSA) is 136 Å². The zero-order valence-corrected chi connectivity index (χ0v) is 42.0. The maximum Gasteiger partial charge on any atom is 0.336 e. The molecule has 3 unspecified atom stereocenters. The second-order valence-electron chi connectivity index (χ2n) is 18.2. The minimum absolute atomic E-state index is 0.146. The van der Waals surface area contributed by atoms with E-state index in [0.717, 1.165) is 76.6 Å². The molecule has 376 valence electrons. The van der Waals surface area contributed by atoms with E-state index in [1.807, 2.05) is 60.7 Å². The van der Waals surface area contributed by atoms with Gasteiger partial charge in [0.25, 0.3) is 5.69 Å². The van der Waals surface area contributed by atoms with Crippen molar-refractivity contribution in [3.8, 4) is 11.5 Å². The van der Waals surface area contributed by atoms with Gasteiger partial charge < -0.3 is 29.2 Å². The van der Waals surface area contributed by atoms with Crippen LogP contribution < -0.4 is 14.8 Å². The van der Waals surface area contributed by atoms with Crippen molar-refractivity contribution in [1.82, 2.24) is 20.0 Å². The Balaban J connectivity index is 1.11. The van der Waals surface area contributed by atoms with Crippen molar-refractivity contribution in [1.29, 1.82) is 0 Å². The molecule has 0 bridgehead atoms. The van der Waals surface area contributed by atoms with Crippen LogP contribution in [-0.2, 0) is 32.2 Å². The maximum atomic E-state index is 13.9. The number of nitro groups is 1. The smallest absolute Gasteiger partial charge is 0.336 e. The number of methoxy groups -OCH3 is 1. The molecule has 1 heterocycles. The SMILES string of the molecule is COC(=O)C1=C(C)NC(C)=C(C(=O)OCCCCCCN(CCN(Cc2ccccc2)C(C)COc2ccccc2)CCN(Cc2ccccc2)C(C)COc2ccccc2)C1c1cccc([N+](=O)[O-])c1. The minimum Gasteiger partial charge on any atom is -0.492 e. The van der Waals surface area contributed by atoms with Crippen LogP contribution in [-0.4, -0.2) is 103 Å². The van der Waals surface area contributed by atoms with Gasteiger partial charge in [0.15, 0.2) is 0 Å². The third-order valence-electron chi connectivity index (χ3n) is 13.0. The quantitative estimate of drug-likeness (QED) is 0.0211. The first-order chi connectivity index (χ1) is 34.5. The second-order valence-corrected chi connectivity index (χ2v) is 18.2. The number of unbranched alkanes of at least 4 members (excludes halogenated alkanes) is 3. The lowest BCUT2D eigenvalue weighted by molar-refractivity contribution is -0.384. The molecule has 0 saturated carbocycles. The van der Waals surface area contributed by atoms with E-state index in [-0.39, 0.29) is 35.5 Å². The fourth-order valence-electron chi connectivity index (χ4n) is 8.93. The van der Waals surface area contributed by atoms with Crippen molar-refractivity contribution in [2.45, 2.75) is 84.5 Å². The third kappa shape index (κ3) is 16.7. The number of carbonyl (C=O) groups excluding carboxylic acids is 2. The predicted molar refractivity (Wildman–Crippen MR) is 279 cm³/mol. The van der Waals surface area contributed by atoms with Crippen molar-refractivity contribution in [3.05, 3.63) is 195 Å². The number of benzene rings is 5. The number of allylic oxidation sites excluding steroid dienone is 2. The normalized spacial score (nSPS) is 14.6. The molecule has 1 aliphatic heterocycles. The number of non-ortho nitro benzene ring substituents is 1. The number of para-hydroxylation sites is 2. The number of nitro benzene ring substituents is 1. The molecule has 3 atom stereocenters. The van der Waals surface area contributed by atoms with E-state index in [9.17, 15) is 19.7 Å². The van der Waals surface area contributed by atoms with Crippen LogP contribution in [0.5, 0.6) is 11.5 Å². The van der Waals surface area contributed by atoms with Crippen LogP contribution in [0.1, 0.15) is 76.0 Å². The highest BCUT2D eigenvalue weighted by Gasteiger charge is 2.38. The van der Waals surface area contributed by atoms with Gasteiger partial charge >= 0.3 is 11.9 Å². The summed E-state index contributed by atoms with van der Waals surface area (Å²) >= 11 is 0. The number of dihydropyridines is 1. The zero-order chi connectivity index (χ0) is 50.4. The van der Waals surface area contributed by atoms with Gasteiger partial charge in [-0.2, -0.15) is 0 Å². The number of hydrogen-bond donors (Lipinski definition) is 1. The van der Waals surface area contributed by atoms with E-state index < -0.39 is 22.8 Å². The second kappa shape index (κ2) is 28.1. The summed E-state index contributed by atoms with van der Waals surface area (Å²) in [5, 5.41) is 14.9. The highest BCUT2D eigenvalue weighted by molar-refractivity contribution is 5.99. The van der Waals surface area contributed by atoms with Crippen LogP contribution in [0.3, 0.4) is 0 Å². The lowest BCUT2D eigenvalue weighted by Gasteiger charge is -2.34. The fraction of sp³-hybridized carbons (Fsp3) is 0.379. The molecule has 6 rings (SSSR count). The van der Waals surface area contributed by atoms with Crippen molar-refractivity contribution in [2.75, 3.05) is 59.7 Å². The van der Waals surface area contributed by atoms with Crippen LogP contribution in [0.15, 0.2) is 168 Å². The summed E-state index contributed by atoms with van der Waals surface area (Å²) in [6, 6.07) is 47.5. The molecule has 71 heavy (non-hydrogen) atoms. The van der Waals surface area contributed by atoms with Gasteiger partial charge in [0.2, 0.25) is 0 Å². The van der Waals surface area contributed by atoms with Crippen molar-refractivity contribution >= 4 is 17.6 Å². The number of ether oxygens (including phenoxy) is 4. The summed E-state index contributed by atoms with van der Waals surface area (Å²) in [7, 11) is 1.27. The molecule has 0 fully saturated rings. The Kier molecular flexibility index (Phi) is 21.2. The van der Waals surface area contributed by atoms with Gasteiger partial charge in [0.05, 0.1) is 35.7 Å². The number of nitrogens with one attached hydrogen (secondary N) is 1. The van der Waals surface area contributed by atoms with E-state index in [2.05, 4.69) is 94.5 Å². The summed E-state index contributed by atoms with van der Waals surface area (Å²) in [5.74, 6) is -0.403. The predicted octanol–water partition coefficient (Wildman–Crippen LogP) is 10.3. The fourth-order valence-corrected chi connectivity index (χ4v) is 8.93. The first-order valence-electron chi connectivity index (χ1n) is 24.8. The summed E-state index contributed by atoms with van der Waals surface area (Å²) in [6.45, 7) is 15.2. The van der Waals surface area contributed by atoms with Gasteiger partial charge in [-0.05, 0) is 88.0 Å². The first kappa shape index (κ1) is 53.5. The van der Waals surface area contributed by atoms with Gasteiger partial charge in [0, 0.05) is 74.9 Å². The van der Waals surface area contributed by atoms with E-state index >= 15 is 0 Å². The zero-order valence-electron chi connectivity index (χ0n) is 42.0. The lowest BCUT2D eigenvalue weighted by Crippen LogP contribution is -2.45. The van der Waals surface area contributed by atoms with Gasteiger partial charge in [-0.25, -0.2) is 9.59 Å². The summed E-state index contributed by atoms with van der Waals surface area (Å²) < 4.78 is 23.6. The van der Waals surface area contributed by atoms with E-state index in [0.29, 0.717) is 36.6 Å². The number of carbonyl (C=O) groups is 2. The highest BCUT2D eigenvalue weighted by atomic mass is 16.6. The molecule has 0 saturated heterocycles. The average Bonchev–Trinajstić information content (AvgIpc) is 3.39. The summed E-state index contributed by atoms with van der Waals surface area (Å²) in [4.78, 5) is 45.9. The van der Waals surface area contributed by atoms with E-state index in [1.54, 1.807) is 26.0 Å².